The van der Waals surface area contributed by atoms with E-state index in [0.29, 0.717) is 5.92 Å². The number of hydrogen-bond donors (Lipinski definition) is 0. The van der Waals surface area contributed by atoms with Crippen LogP contribution in [0.5, 0.6) is 0 Å². The Morgan fingerprint density at radius 1 is 0.952 bits per heavy atom. The Balaban J connectivity index is 1.85. The van der Waals surface area contributed by atoms with E-state index in [1.165, 1.54) is 44.2 Å². The molecule has 0 saturated heterocycles. The maximum Gasteiger partial charge on any atom is 0.416 e. The lowest BCUT2D eigenvalue weighted by Crippen LogP contribution is -2.14. The Labute approximate surface area is 133 Å². The van der Waals surface area contributed by atoms with Crippen molar-refractivity contribution < 1.29 is 13.2 Å². The molecule has 4 heteroatoms. The van der Waals surface area contributed by atoms with Crippen molar-refractivity contribution in [2.45, 2.75) is 57.0 Å². The van der Waals surface area contributed by atoms with Crippen LogP contribution in [-0.2, 0) is 6.18 Å². The highest BCUT2D eigenvalue weighted by Gasteiger charge is 2.30. The smallest absolute Gasteiger partial charge is 0.166 e. The second-order valence-corrected chi connectivity index (χ2v) is 6.82. The monoisotopic (exact) mass is 362 g/mol. The lowest BCUT2D eigenvalue weighted by molar-refractivity contribution is -0.137. The van der Waals surface area contributed by atoms with Crippen LogP contribution in [0.25, 0.3) is 0 Å². The molecule has 0 unspecified atom stereocenters. The van der Waals surface area contributed by atoms with E-state index in [1.807, 2.05) is 0 Å². The van der Waals surface area contributed by atoms with Gasteiger partial charge in [0, 0.05) is 5.33 Å². The van der Waals surface area contributed by atoms with Crippen molar-refractivity contribution >= 4 is 15.9 Å². The van der Waals surface area contributed by atoms with Gasteiger partial charge in [-0.25, -0.2) is 0 Å². The van der Waals surface area contributed by atoms with Crippen molar-refractivity contribution in [3.8, 4) is 0 Å². The molecule has 0 bridgehead atoms. The highest BCUT2D eigenvalue weighted by atomic mass is 79.9. The highest BCUT2D eigenvalue weighted by Crippen LogP contribution is 2.38. The zero-order valence-electron chi connectivity index (χ0n) is 12.1. The van der Waals surface area contributed by atoms with Crippen molar-refractivity contribution in [2.75, 3.05) is 5.33 Å². The molecule has 0 aliphatic heterocycles. The van der Waals surface area contributed by atoms with Crippen LogP contribution in [0.2, 0.25) is 0 Å². The zero-order valence-corrected chi connectivity index (χ0v) is 13.7. The van der Waals surface area contributed by atoms with Crippen LogP contribution in [0.15, 0.2) is 24.3 Å². The first-order valence-electron chi connectivity index (χ1n) is 7.74. The minimum atomic E-state index is -4.23. The minimum Gasteiger partial charge on any atom is -0.166 e. The fourth-order valence-corrected chi connectivity index (χ4v) is 3.65. The first kappa shape index (κ1) is 16.9. The Morgan fingerprint density at radius 3 is 2.10 bits per heavy atom. The highest BCUT2D eigenvalue weighted by molar-refractivity contribution is 9.09. The topological polar surface area (TPSA) is 0 Å². The maximum absolute atomic E-state index is 12.6. The summed E-state index contributed by atoms with van der Waals surface area (Å²) < 4.78 is 37.7. The van der Waals surface area contributed by atoms with E-state index in [1.54, 1.807) is 12.1 Å². The molecule has 0 amide bonds. The number of hydrogen-bond acceptors (Lipinski definition) is 0. The van der Waals surface area contributed by atoms with Crippen LogP contribution in [0.4, 0.5) is 13.2 Å². The van der Waals surface area contributed by atoms with Crippen LogP contribution in [0.3, 0.4) is 0 Å². The van der Waals surface area contributed by atoms with Gasteiger partial charge in [0.1, 0.15) is 0 Å². The second kappa shape index (κ2) is 7.66. The molecule has 0 heterocycles. The first-order valence-corrected chi connectivity index (χ1v) is 8.86. The van der Waals surface area contributed by atoms with Crippen LogP contribution in [0.1, 0.15) is 62.0 Å². The summed E-state index contributed by atoms with van der Waals surface area (Å²) in [6, 6.07) is 5.77. The molecule has 1 aliphatic carbocycles. The first-order chi connectivity index (χ1) is 10.0. The fourth-order valence-electron chi connectivity index (χ4n) is 3.26. The summed E-state index contributed by atoms with van der Waals surface area (Å²) in [5.74, 6) is 1.26. The molecule has 1 saturated carbocycles. The summed E-state index contributed by atoms with van der Waals surface area (Å²) in [5, 5.41) is 1.08. The minimum absolute atomic E-state index is 0.444. The molecule has 0 N–H and O–H groups in total. The summed E-state index contributed by atoms with van der Waals surface area (Å²) in [5.41, 5.74) is 0.525. The predicted molar refractivity (Wildman–Crippen MR) is 83.8 cm³/mol. The number of rotatable bonds is 5. The van der Waals surface area contributed by atoms with Gasteiger partial charge in [0.25, 0.3) is 0 Å². The van der Waals surface area contributed by atoms with Crippen LogP contribution >= 0.6 is 15.9 Å². The van der Waals surface area contributed by atoms with Crippen molar-refractivity contribution in [1.29, 1.82) is 0 Å². The second-order valence-electron chi connectivity index (χ2n) is 6.02. The molecule has 2 rings (SSSR count). The lowest BCUT2D eigenvalue weighted by Gasteiger charge is -2.29. The molecular weight excluding hydrogens is 341 g/mol. The van der Waals surface area contributed by atoms with Crippen molar-refractivity contribution in [1.82, 2.24) is 0 Å². The summed E-state index contributed by atoms with van der Waals surface area (Å²) in [6.07, 6.45) is 4.24. The molecule has 1 fully saturated rings. The van der Waals surface area contributed by atoms with E-state index in [9.17, 15) is 13.2 Å². The summed E-state index contributed by atoms with van der Waals surface area (Å²) in [7, 11) is 0. The fraction of sp³-hybridized carbons (Fsp3) is 0.647. The van der Waals surface area contributed by atoms with Crippen LogP contribution in [0, 0.1) is 5.92 Å². The third-order valence-electron chi connectivity index (χ3n) is 4.55. The summed E-state index contributed by atoms with van der Waals surface area (Å²) >= 11 is 3.45. The van der Waals surface area contributed by atoms with Gasteiger partial charge in [-0.15, -0.1) is 0 Å². The quantitative estimate of drug-likeness (QED) is 0.411. The standard InChI is InChI=1S/C17H22BrF3/c18-12-2-1-3-13-4-6-14(7-5-13)15-8-10-16(11-9-15)17(19,20)21/h8-11,13-14H,1-7,12H2. The van der Waals surface area contributed by atoms with Crippen LogP contribution in [-0.4, -0.2) is 5.33 Å². The van der Waals surface area contributed by atoms with E-state index in [0.717, 1.165) is 29.7 Å². The van der Waals surface area contributed by atoms with Gasteiger partial charge in [-0.3, -0.25) is 0 Å². The van der Waals surface area contributed by atoms with Gasteiger partial charge in [0.05, 0.1) is 5.56 Å². The molecule has 0 nitrogen and oxygen atoms in total. The Kier molecular flexibility index (Phi) is 6.15. The summed E-state index contributed by atoms with van der Waals surface area (Å²) in [6.45, 7) is 0. The molecule has 1 aliphatic rings. The Morgan fingerprint density at radius 2 is 1.57 bits per heavy atom. The Bertz CT molecular complexity index is 417. The van der Waals surface area contributed by atoms with Crippen molar-refractivity contribution in [3.63, 3.8) is 0 Å². The van der Waals surface area contributed by atoms with Gasteiger partial charge >= 0.3 is 6.18 Å². The number of unbranched alkanes of at least 4 members (excludes halogenated alkanes) is 1. The van der Waals surface area contributed by atoms with E-state index in [4.69, 9.17) is 0 Å². The molecule has 0 radical (unpaired) electrons. The molecule has 0 atom stereocenters. The van der Waals surface area contributed by atoms with Gasteiger partial charge in [0.2, 0.25) is 0 Å². The van der Waals surface area contributed by atoms with Gasteiger partial charge in [-0.05, 0) is 61.6 Å². The SMILES string of the molecule is FC(F)(F)c1ccc(C2CCC(CCCCBr)CC2)cc1. The molecule has 21 heavy (non-hydrogen) atoms. The third-order valence-corrected chi connectivity index (χ3v) is 5.11. The molecule has 1 aromatic carbocycles. The molecular formula is C17H22BrF3. The van der Waals surface area contributed by atoms with Gasteiger partial charge in [-0.2, -0.15) is 13.2 Å². The molecule has 118 valence electrons. The van der Waals surface area contributed by atoms with E-state index < -0.39 is 11.7 Å². The average molecular weight is 363 g/mol. The zero-order chi connectivity index (χ0) is 15.3. The molecule has 0 spiro atoms. The third kappa shape index (κ3) is 5.01. The normalized spacial score (nSPS) is 23.2. The maximum atomic E-state index is 12.6. The van der Waals surface area contributed by atoms with E-state index in [2.05, 4.69) is 15.9 Å². The summed E-state index contributed by atoms with van der Waals surface area (Å²) in [4.78, 5) is 0. The van der Waals surface area contributed by atoms with Crippen molar-refractivity contribution in [3.05, 3.63) is 35.4 Å². The number of halogens is 4. The largest absolute Gasteiger partial charge is 0.416 e. The number of benzene rings is 1. The molecule has 1 aromatic rings. The van der Waals surface area contributed by atoms with E-state index in [-0.39, 0.29) is 0 Å². The van der Waals surface area contributed by atoms with Crippen molar-refractivity contribution in [2.24, 2.45) is 5.92 Å². The Hall–Kier alpha value is -0.510. The predicted octanol–water partition coefficient (Wildman–Crippen LogP) is 6.54. The van der Waals surface area contributed by atoms with Crippen LogP contribution < -0.4 is 0 Å². The molecule has 0 aromatic heterocycles. The van der Waals surface area contributed by atoms with Gasteiger partial charge in [-0.1, -0.05) is 40.9 Å². The lowest BCUT2D eigenvalue weighted by atomic mass is 9.77. The van der Waals surface area contributed by atoms with E-state index >= 15 is 0 Å². The number of alkyl halides is 4. The van der Waals surface area contributed by atoms with Gasteiger partial charge in [0.15, 0.2) is 0 Å². The average Bonchev–Trinajstić information content (AvgIpc) is 2.48. The van der Waals surface area contributed by atoms with Gasteiger partial charge < -0.3 is 0 Å².